The summed E-state index contributed by atoms with van der Waals surface area (Å²) in [6.45, 7) is 2.51. The number of phosphoric acid groups is 3. The minimum absolute atomic E-state index is 0. The topological polar surface area (TPSA) is 398 Å². The van der Waals surface area contributed by atoms with Gasteiger partial charge in [0, 0.05) is 37.1 Å². The number of hydrogen-bond donors (Lipinski definition) is 8. The van der Waals surface area contributed by atoms with E-state index in [0.717, 1.165) is 61.1 Å². The van der Waals surface area contributed by atoms with Crippen LogP contribution in [-0.2, 0) is 50.7 Å². The van der Waals surface area contributed by atoms with Crippen LogP contribution in [-0.4, -0.2) is 123 Å². The monoisotopic (exact) mass is 917 g/mol. The van der Waals surface area contributed by atoms with Gasteiger partial charge in [0.15, 0.2) is 22.8 Å². The summed E-state index contributed by atoms with van der Waals surface area (Å²) in [5.74, 6) is -1.07. The Morgan fingerprint density at radius 1 is 1.05 bits per heavy atom. The second-order valence-electron chi connectivity index (χ2n) is 13.4. The molecule has 0 saturated carbocycles. The number of rotatable bonds is 25. The zero-order chi connectivity index (χ0) is 42.6. The Morgan fingerprint density at radius 3 is 2.39 bits per heavy atom. The summed E-state index contributed by atoms with van der Waals surface area (Å²) in [4.78, 5) is 89.8. The van der Waals surface area contributed by atoms with Crippen molar-refractivity contribution in [2.45, 2.75) is 96.4 Å². The predicted octanol–water partition coefficient (Wildman–Crippen LogP) is -3.43. The van der Waals surface area contributed by atoms with Crippen LogP contribution in [0.25, 0.3) is 11.2 Å². The number of amides is 2. The molecule has 332 valence electrons. The van der Waals surface area contributed by atoms with Gasteiger partial charge in [0.2, 0.25) is 11.8 Å². The second kappa shape index (κ2) is 24.7. The molecule has 1 aliphatic rings. The normalized spacial score (nSPS) is 20.8. The van der Waals surface area contributed by atoms with E-state index in [4.69, 9.17) is 15.0 Å². The van der Waals surface area contributed by atoms with Gasteiger partial charge >= 0.3 is 34.5 Å². The average molecular weight is 918 g/mol. The van der Waals surface area contributed by atoms with Gasteiger partial charge in [-0.15, -0.1) is 0 Å². The van der Waals surface area contributed by atoms with Crippen molar-refractivity contribution >= 4 is 69.1 Å². The number of nitrogens with zero attached hydrogens (tertiary/aromatic N) is 4. The number of imidazole rings is 1. The molecule has 2 aromatic heterocycles. The van der Waals surface area contributed by atoms with Crippen LogP contribution in [0.5, 0.6) is 0 Å². The number of carbonyl (C=O) groups is 3. The zero-order valence-corrected chi connectivity index (χ0v) is 36.3. The van der Waals surface area contributed by atoms with Crippen LogP contribution in [0, 0.1) is 5.41 Å². The molecular formula is C29H51LiN7O18P3S. The van der Waals surface area contributed by atoms with Crippen molar-refractivity contribution in [2.24, 2.45) is 5.41 Å². The summed E-state index contributed by atoms with van der Waals surface area (Å²) < 4.78 is 61.7. The van der Waals surface area contributed by atoms with Gasteiger partial charge in [-0.25, -0.2) is 28.4 Å². The third-order valence-electron chi connectivity index (χ3n) is 8.24. The number of hydrogen-bond acceptors (Lipinski definition) is 19. The molecule has 1 aliphatic heterocycles. The van der Waals surface area contributed by atoms with E-state index in [-0.39, 0.29) is 65.9 Å². The van der Waals surface area contributed by atoms with Crippen molar-refractivity contribution in [1.82, 2.24) is 30.2 Å². The third kappa shape index (κ3) is 18.2. The van der Waals surface area contributed by atoms with Crippen LogP contribution in [0.1, 0.15) is 71.9 Å². The first-order valence-corrected chi connectivity index (χ1v) is 23.1. The number of aromatic nitrogens is 4. The Labute approximate surface area is 355 Å². The summed E-state index contributed by atoms with van der Waals surface area (Å²) in [7, 11) is -16.7. The first-order chi connectivity index (χ1) is 26.6. The minimum Gasteiger partial charge on any atom is -0.756 e. The summed E-state index contributed by atoms with van der Waals surface area (Å²) in [6.07, 6.45) is -1.35. The van der Waals surface area contributed by atoms with Crippen molar-refractivity contribution in [2.75, 3.05) is 37.8 Å². The number of ether oxygens (including phenoxy) is 1. The van der Waals surface area contributed by atoms with Gasteiger partial charge in [-0.05, 0) is 6.42 Å². The SMILES string of the molecule is CCCCCCCC(=O)SCCNC(=O)CCNC(=O)[C@H](O)C(C)(C)COP(=O)([O-])OP(=O)(O)OC[C@H]1O[C@@H](n2cnc3c(N)ncnc32)[C@H](O)[C@@H]1OP(=O)(O)O.O.[Li+]. The van der Waals surface area contributed by atoms with Crippen molar-refractivity contribution in [3.63, 3.8) is 0 Å². The fourth-order valence-corrected chi connectivity index (χ4v) is 8.75. The molecule has 1 saturated heterocycles. The van der Waals surface area contributed by atoms with Crippen molar-refractivity contribution in [1.29, 1.82) is 0 Å². The molecule has 0 bridgehead atoms. The van der Waals surface area contributed by atoms with E-state index in [1.54, 1.807) is 0 Å². The molecular weight excluding hydrogens is 866 g/mol. The average Bonchev–Trinajstić information content (AvgIpc) is 3.68. The van der Waals surface area contributed by atoms with E-state index in [0.29, 0.717) is 12.2 Å². The molecule has 30 heteroatoms. The number of aliphatic hydroxyl groups excluding tert-OH is 2. The molecule has 25 nitrogen and oxygen atoms in total. The van der Waals surface area contributed by atoms with Crippen LogP contribution >= 0.6 is 35.2 Å². The number of thioether (sulfide) groups is 1. The number of phosphoric ester groups is 3. The summed E-state index contributed by atoms with van der Waals surface area (Å²) in [5.41, 5.74) is 4.21. The molecule has 3 heterocycles. The molecule has 1 fully saturated rings. The van der Waals surface area contributed by atoms with Gasteiger partial charge in [0.1, 0.15) is 36.3 Å². The number of unbranched alkanes of at least 4 members (excludes halogenated alkanes) is 4. The van der Waals surface area contributed by atoms with Crippen LogP contribution in [0.4, 0.5) is 5.82 Å². The molecule has 7 atom stereocenters. The van der Waals surface area contributed by atoms with Gasteiger partial charge in [-0.3, -0.25) is 32.6 Å². The maximum Gasteiger partial charge on any atom is 1.00 e. The Morgan fingerprint density at radius 2 is 1.73 bits per heavy atom. The van der Waals surface area contributed by atoms with E-state index in [1.807, 2.05) is 0 Å². The zero-order valence-electron chi connectivity index (χ0n) is 32.8. The Kier molecular flexibility index (Phi) is 23.1. The fourth-order valence-electron chi connectivity index (χ4n) is 5.23. The maximum atomic E-state index is 12.6. The molecule has 11 N–H and O–H groups in total. The van der Waals surface area contributed by atoms with E-state index in [1.165, 1.54) is 13.8 Å². The van der Waals surface area contributed by atoms with Crippen LogP contribution in [0.2, 0.25) is 0 Å². The van der Waals surface area contributed by atoms with Crippen LogP contribution in [0.3, 0.4) is 0 Å². The number of anilines is 1. The largest absolute Gasteiger partial charge is 1.00 e. The smallest absolute Gasteiger partial charge is 0.756 e. The Balaban J connectivity index is 0.00000870. The number of aliphatic hydroxyl groups is 2. The van der Waals surface area contributed by atoms with Crippen molar-refractivity contribution in [3.05, 3.63) is 12.7 Å². The van der Waals surface area contributed by atoms with Gasteiger partial charge in [-0.2, -0.15) is 0 Å². The van der Waals surface area contributed by atoms with E-state index in [2.05, 4.69) is 45.9 Å². The predicted molar refractivity (Wildman–Crippen MR) is 202 cm³/mol. The van der Waals surface area contributed by atoms with Gasteiger partial charge in [-0.1, -0.05) is 58.2 Å². The van der Waals surface area contributed by atoms with E-state index >= 15 is 0 Å². The molecule has 2 unspecified atom stereocenters. The molecule has 0 radical (unpaired) electrons. The molecule has 2 amide bonds. The maximum absolute atomic E-state index is 12.6. The van der Waals surface area contributed by atoms with Crippen molar-refractivity contribution < 1.29 is 105 Å². The molecule has 0 spiro atoms. The third-order valence-corrected chi connectivity index (χ3v) is 12.2. The molecule has 0 aliphatic carbocycles. The van der Waals surface area contributed by atoms with E-state index < -0.39 is 84.6 Å². The van der Waals surface area contributed by atoms with Gasteiger partial charge in [0.05, 0.1) is 19.5 Å². The number of nitrogens with one attached hydrogen (secondary N) is 2. The summed E-state index contributed by atoms with van der Waals surface area (Å²) >= 11 is 1.13. The van der Waals surface area contributed by atoms with Crippen molar-refractivity contribution in [3.8, 4) is 0 Å². The Bertz CT molecular complexity index is 1830. The van der Waals surface area contributed by atoms with Gasteiger partial charge in [0.25, 0.3) is 7.82 Å². The minimum atomic E-state index is -5.74. The quantitative estimate of drug-likeness (QED) is 0.0273. The number of carbonyl (C=O) groups excluding carboxylic acids is 3. The van der Waals surface area contributed by atoms with Crippen LogP contribution in [0.15, 0.2) is 12.7 Å². The number of nitrogen functional groups attached to an aromatic ring is 1. The summed E-state index contributed by atoms with van der Waals surface area (Å²) in [6, 6.07) is 0. The van der Waals surface area contributed by atoms with Gasteiger partial charge < -0.3 is 60.9 Å². The summed E-state index contributed by atoms with van der Waals surface area (Å²) in [5, 5.41) is 26.4. The second-order valence-corrected chi connectivity index (χ2v) is 18.8. The first-order valence-electron chi connectivity index (χ1n) is 17.6. The molecule has 2 aromatic rings. The fraction of sp³-hybridized carbons (Fsp3) is 0.724. The number of fused-ring (bicyclic) bond motifs is 1. The van der Waals surface area contributed by atoms with E-state index in [9.17, 15) is 57.9 Å². The first kappa shape index (κ1) is 55.1. The van der Waals surface area contributed by atoms with Crippen LogP contribution < -0.4 is 40.1 Å². The molecule has 59 heavy (non-hydrogen) atoms. The molecule has 0 aromatic carbocycles. The standard InChI is InChI=1S/C29H50N7O17P3S.Li.H2O/c1-4-5-6-7-8-9-20(38)57-13-12-31-19(37)10-11-32-27(41)24(40)29(2,3)15-50-56(47,48)53-55(45,46)49-14-18-23(52-54(42,43)44)22(39)28(51-18)36-17-35-21-25(30)33-16-34-26(21)36;;/h16-18,22-24,28,39-40H,4-15H2,1-3H3,(H,31,37)(H,32,41)(H,45,46)(H,47,48)(H2,30,33,34)(H2,42,43,44);;1H2/q;+1;/p-1/t18-,22-,23-,24+,28-;;/m1../s1. The number of nitrogens with two attached hydrogens (primary N) is 1. The Hall–Kier alpha value is -1.88. The molecule has 3 rings (SSSR count).